The molecule has 7 nitrogen and oxygen atoms in total. The van der Waals surface area contributed by atoms with Crippen molar-refractivity contribution in [3.63, 3.8) is 0 Å². The number of benzene rings is 2. The molecule has 0 saturated heterocycles. The van der Waals surface area contributed by atoms with Crippen molar-refractivity contribution in [2.24, 2.45) is 0 Å². The molecule has 0 bridgehead atoms. The number of fused-ring (bicyclic) bond motifs is 1. The van der Waals surface area contributed by atoms with Crippen molar-refractivity contribution in [2.75, 3.05) is 6.79 Å². The highest BCUT2D eigenvalue weighted by molar-refractivity contribution is 5.83. The molecule has 3 heterocycles. The first-order valence-corrected chi connectivity index (χ1v) is 8.58. The Morgan fingerprint density at radius 2 is 1.89 bits per heavy atom. The monoisotopic (exact) mass is 360 g/mol. The molecule has 2 aromatic carbocycles. The lowest BCUT2D eigenvalue weighted by Gasteiger charge is -2.11. The fraction of sp³-hybridized carbons (Fsp3) is 0.150. The Morgan fingerprint density at radius 1 is 1.00 bits per heavy atom. The van der Waals surface area contributed by atoms with Gasteiger partial charge >= 0.3 is 0 Å². The zero-order valence-electron chi connectivity index (χ0n) is 14.6. The summed E-state index contributed by atoms with van der Waals surface area (Å²) in [5, 5.41) is 8.02. The molecule has 0 atom stereocenters. The van der Waals surface area contributed by atoms with Crippen molar-refractivity contribution in [1.82, 2.24) is 19.7 Å². The van der Waals surface area contributed by atoms with Gasteiger partial charge in [-0.2, -0.15) is 0 Å². The van der Waals surface area contributed by atoms with Crippen molar-refractivity contribution in [2.45, 2.75) is 13.5 Å². The minimum absolute atomic E-state index is 0.212. The molecule has 0 unspecified atom stereocenters. The van der Waals surface area contributed by atoms with Gasteiger partial charge in [0.15, 0.2) is 11.5 Å². The van der Waals surface area contributed by atoms with E-state index in [0.717, 1.165) is 34.0 Å². The summed E-state index contributed by atoms with van der Waals surface area (Å²) < 4.78 is 18.8. The second-order valence-electron chi connectivity index (χ2n) is 6.19. The van der Waals surface area contributed by atoms with E-state index in [9.17, 15) is 0 Å². The van der Waals surface area contributed by atoms with Gasteiger partial charge in [-0.1, -0.05) is 36.4 Å². The number of aromatic nitrogens is 4. The molecule has 0 spiro atoms. The topological polar surface area (TPSA) is 75.2 Å². The minimum atomic E-state index is 0.212. The molecule has 0 N–H and O–H groups in total. The summed E-state index contributed by atoms with van der Waals surface area (Å²) in [7, 11) is 0. The van der Waals surface area contributed by atoms with E-state index in [1.165, 1.54) is 0 Å². The van der Waals surface area contributed by atoms with Crippen LogP contribution in [-0.2, 0) is 6.54 Å². The van der Waals surface area contributed by atoms with Gasteiger partial charge in [0.25, 0.3) is 0 Å². The number of rotatable bonds is 4. The van der Waals surface area contributed by atoms with Crippen LogP contribution in [0.5, 0.6) is 11.5 Å². The summed E-state index contributed by atoms with van der Waals surface area (Å²) in [5.74, 6) is 2.51. The van der Waals surface area contributed by atoms with Gasteiger partial charge in [-0.3, -0.25) is 0 Å². The quantitative estimate of drug-likeness (QED) is 0.553. The smallest absolute Gasteiger partial charge is 0.236 e. The van der Waals surface area contributed by atoms with Crippen LogP contribution in [0.3, 0.4) is 0 Å². The average molecular weight is 360 g/mol. The number of hydrogen-bond acceptors (Lipinski definition) is 6. The summed E-state index contributed by atoms with van der Waals surface area (Å²) in [6, 6.07) is 15.9. The van der Waals surface area contributed by atoms with Gasteiger partial charge in [-0.15, -0.1) is 10.2 Å². The van der Waals surface area contributed by atoms with Gasteiger partial charge in [-0.05, 0) is 12.1 Å². The van der Waals surface area contributed by atoms with Crippen molar-refractivity contribution in [3.8, 4) is 34.0 Å². The molecule has 0 aliphatic carbocycles. The van der Waals surface area contributed by atoms with Gasteiger partial charge < -0.3 is 18.5 Å². The van der Waals surface area contributed by atoms with Crippen LogP contribution in [0.2, 0.25) is 0 Å². The largest absolute Gasteiger partial charge is 0.454 e. The van der Waals surface area contributed by atoms with E-state index in [1.54, 1.807) is 13.3 Å². The molecule has 0 amide bonds. The minimum Gasteiger partial charge on any atom is -0.454 e. The summed E-state index contributed by atoms with van der Waals surface area (Å²) in [5.41, 5.74) is 3.71. The van der Waals surface area contributed by atoms with Crippen LogP contribution in [0.25, 0.3) is 22.5 Å². The highest BCUT2D eigenvalue weighted by Crippen LogP contribution is 2.44. The first-order valence-electron chi connectivity index (χ1n) is 8.58. The highest BCUT2D eigenvalue weighted by atomic mass is 16.7. The van der Waals surface area contributed by atoms with E-state index in [4.69, 9.17) is 13.9 Å². The van der Waals surface area contributed by atoms with Crippen LogP contribution in [0.1, 0.15) is 11.8 Å². The third kappa shape index (κ3) is 2.73. The summed E-state index contributed by atoms with van der Waals surface area (Å²) >= 11 is 0. The molecule has 1 aliphatic rings. The second kappa shape index (κ2) is 6.28. The van der Waals surface area contributed by atoms with Crippen molar-refractivity contribution in [3.05, 3.63) is 66.6 Å². The van der Waals surface area contributed by atoms with Crippen molar-refractivity contribution in [1.29, 1.82) is 0 Å². The molecule has 27 heavy (non-hydrogen) atoms. The predicted octanol–water partition coefficient (Wildman–Crippen LogP) is 3.69. The van der Waals surface area contributed by atoms with Gasteiger partial charge in [0.1, 0.15) is 6.54 Å². The van der Waals surface area contributed by atoms with Crippen molar-refractivity contribution >= 4 is 0 Å². The lowest BCUT2D eigenvalue weighted by Crippen LogP contribution is -2.02. The number of hydrogen-bond donors (Lipinski definition) is 0. The molecule has 1 aliphatic heterocycles. The Labute approximate surface area is 155 Å². The molecule has 134 valence electrons. The molecule has 4 aromatic rings. The number of ether oxygens (including phenoxy) is 2. The van der Waals surface area contributed by atoms with Gasteiger partial charge in [0, 0.05) is 18.1 Å². The fourth-order valence-corrected chi connectivity index (χ4v) is 3.26. The Bertz CT molecular complexity index is 1100. The first-order chi connectivity index (χ1) is 13.3. The molecule has 7 heteroatoms. The molecular formula is C20H16N4O3. The zero-order chi connectivity index (χ0) is 18.2. The highest BCUT2D eigenvalue weighted by Gasteiger charge is 2.24. The summed E-state index contributed by atoms with van der Waals surface area (Å²) in [6.45, 7) is 2.40. The van der Waals surface area contributed by atoms with E-state index in [-0.39, 0.29) is 6.79 Å². The number of aryl methyl sites for hydroxylation is 1. The van der Waals surface area contributed by atoms with E-state index < -0.39 is 0 Å². The number of imidazole rings is 1. The average Bonchev–Trinajstić information content (AvgIpc) is 3.42. The maximum Gasteiger partial charge on any atom is 0.236 e. The molecule has 5 rings (SSSR count). The normalized spacial score (nSPS) is 12.5. The predicted molar refractivity (Wildman–Crippen MR) is 97.4 cm³/mol. The summed E-state index contributed by atoms with van der Waals surface area (Å²) in [6.07, 6.45) is 1.78. The summed E-state index contributed by atoms with van der Waals surface area (Å²) in [4.78, 5) is 4.67. The lowest BCUT2D eigenvalue weighted by atomic mass is 10.0. The Morgan fingerprint density at radius 3 is 2.70 bits per heavy atom. The van der Waals surface area contributed by atoms with E-state index in [1.807, 2.05) is 53.1 Å². The molecule has 0 radical (unpaired) electrons. The lowest BCUT2D eigenvalue weighted by molar-refractivity contribution is 0.174. The third-order valence-corrected chi connectivity index (χ3v) is 4.41. The molecule has 2 aromatic heterocycles. The van der Waals surface area contributed by atoms with Crippen LogP contribution in [0, 0.1) is 6.92 Å². The maximum absolute atomic E-state index is 5.74. The molecular weight excluding hydrogens is 344 g/mol. The van der Waals surface area contributed by atoms with E-state index in [0.29, 0.717) is 18.3 Å². The Kier molecular flexibility index (Phi) is 3.64. The SMILES string of the molecule is Cc1nnc(Cn2cnc(-c3ccccc3)c2-c2cccc3c2OCO3)o1. The molecule has 0 saturated carbocycles. The van der Waals surface area contributed by atoms with Crippen LogP contribution < -0.4 is 9.47 Å². The van der Waals surface area contributed by atoms with Gasteiger partial charge in [-0.25, -0.2) is 4.98 Å². The fourth-order valence-electron chi connectivity index (χ4n) is 3.26. The van der Waals surface area contributed by atoms with E-state index in [2.05, 4.69) is 15.2 Å². The first kappa shape index (κ1) is 15.6. The Hall–Kier alpha value is -3.61. The van der Waals surface area contributed by atoms with Gasteiger partial charge in [0.2, 0.25) is 18.6 Å². The third-order valence-electron chi connectivity index (χ3n) is 4.41. The van der Waals surface area contributed by atoms with Crippen LogP contribution in [0.15, 0.2) is 59.3 Å². The van der Waals surface area contributed by atoms with Crippen LogP contribution in [-0.4, -0.2) is 26.5 Å². The molecule has 0 fully saturated rings. The number of nitrogens with zero attached hydrogens (tertiary/aromatic N) is 4. The second-order valence-corrected chi connectivity index (χ2v) is 6.19. The van der Waals surface area contributed by atoms with Gasteiger partial charge in [0.05, 0.1) is 17.7 Å². The van der Waals surface area contributed by atoms with E-state index >= 15 is 0 Å². The van der Waals surface area contributed by atoms with Crippen molar-refractivity contribution < 1.29 is 13.9 Å². The maximum atomic E-state index is 5.74. The van der Waals surface area contributed by atoms with Crippen LogP contribution >= 0.6 is 0 Å². The standard InChI is InChI=1S/C20H16N4O3/c1-13-22-23-17(27-13)10-24-11-21-18(14-6-3-2-4-7-14)19(24)15-8-5-9-16-20(15)26-12-25-16/h2-9,11H,10,12H2,1H3. The number of para-hydroxylation sites is 1. The van der Waals surface area contributed by atoms with Crippen LogP contribution in [0.4, 0.5) is 0 Å². The zero-order valence-corrected chi connectivity index (χ0v) is 14.6. The Balaban J connectivity index is 1.69.